The van der Waals surface area contributed by atoms with Crippen molar-refractivity contribution >= 4 is 27.7 Å². The largest absolute Gasteiger partial charge is 0.390 e. The van der Waals surface area contributed by atoms with Crippen LogP contribution in [-0.4, -0.2) is 84.7 Å². The van der Waals surface area contributed by atoms with Crippen molar-refractivity contribution in [3.63, 3.8) is 0 Å². The molecule has 0 aromatic carbocycles. The maximum atomic E-state index is 13.9. The Kier molecular flexibility index (Phi) is 16.6. The van der Waals surface area contributed by atoms with Gasteiger partial charge in [0.25, 0.3) is 0 Å². The third-order valence-electron chi connectivity index (χ3n) is 9.03. The molecule has 2 aliphatic carbocycles. The van der Waals surface area contributed by atoms with Crippen LogP contribution in [0.15, 0.2) is 0 Å². The molecule has 3 amide bonds. The summed E-state index contributed by atoms with van der Waals surface area (Å²) >= 11 is 0. The van der Waals surface area contributed by atoms with E-state index in [2.05, 4.69) is 10.7 Å². The van der Waals surface area contributed by atoms with Gasteiger partial charge in [-0.2, -0.15) is 0 Å². The first-order chi connectivity index (χ1) is 20.8. The lowest BCUT2D eigenvalue weighted by Gasteiger charge is -2.37. The van der Waals surface area contributed by atoms with Gasteiger partial charge >= 0.3 is 0 Å². The van der Waals surface area contributed by atoms with E-state index in [1.54, 1.807) is 9.91 Å². The van der Waals surface area contributed by atoms with Gasteiger partial charge in [0.2, 0.25) is 27.7 Å². The molecular weight excluding hydrogens is 582 g/mol. The highest BCUT2D eigenvalue weighted by molar-refractivity contribution is 7.89. The first kappa shape index (κ1) is 38.4. The molecule has 2 rings (SSSR count). The number of carbonyl (C=O) groups excluding carboxylic acids is 3. The van der Waals surface area contributed by atoms with Gasteiger partial charge in [-0.1, -0.05) is 66.7 Å². The number of nitrogens with zero attached hydrogens (tertiary/aromatic N) is 2. The highest BCUT2D eigenvalue weighted by Crippen LogP contribution is 2.35. The Morgan fingerprint density at radius 1 is 0.909 bits per heavy atom. The predicted molar refractivity (Wildman–Crippen MR) is 173 cm³/mol. The van der Waals surface area contributed by atoms with Crippen LogP contribution < -0.4 is 15.9 Å². The summed E-state index contributed by atoms with van der Waals surface area (Å²) in [4.78, 5) is 41.7. The monoisotopic (exact) mass is 643 g/mol. The molecule has 256 valence electrons. The molecule has 0 bridgehead atoms. The molecule has 0 aromatic rings. The first-order valence-corrected chi connectivity index (χ1v) is 18.7. The van der Waals surface area contributed by atoms with Gasteiger partial charge in [0.1, 0.15) is 0 Å². The highest BCUT2D eigenvalue weighted by Gasteiger charge is 2.42. The van der Waals surface area contributed by atoms with Crippen LogP contribution in [0.25, 0.3) is 0 Å². The lowest BCUT2D eigenvalue weighted by Crippen LogP contribution is -2.55. The second kappa shape index (κ2) is 19.0. The van der Waals surface area contributed by atoms with E-state index in [1.807, 2.05) is 34.6 Å². The third kappa shape index (κ3) is 12.9. The van der Waals surface area contributed by atoms with Crippen molar-refractivity contribution in [2.75, 3.05) is 26.2 Å². The number of aliphatic hydroxyl groups is 1. The van der Waals surface area contributed by atoms with Crippen molar-refractivity contribution in [2.24, 2.45) is 28.8 Å². The van der Waals surface area contributed by atoms with Crippen LogP contribution >= 0.6 is 0 Å². The molecule has 0 saturated heterocycles. The van der Waals surface area contributed by atoms with Crippen molar-refractivity contribution < 1.29 is 27.9 Å². The summed E-state index contributed by atoms with van der Waals surface area (Å²) in [7, 11) is -3.97. The van der Waals surface area contributed by atoms with Gasteiger partial charge in [0.15, 0.2) is 0 Å². The molecule has 0 spiro atoms. The number of carbonyl (C=O) groups is 3. The second-order valence-electron chi connectivity index (χ2n) is 13.6. The number of aliphatic hydroxyl groups excluding tert-OH is 1. The van der Waals surface area contributed by atoms with E-state index < -0.39 is 39.3 Å². The molecule has 12 heteroatoms. The maximum absolute atomic E-state index is 13.9. The van der Waals surface area contributed by atoms with E-state index >= 15 is 0 Å². The van der Waals surface area contributed by atoms with Crippen LogP contribution in [-0.2, 0) is 24.4 Å². The highest BCUT2D eigenvalue weighted by atomic mass is 32.2. The smallest absolute Gasteiger partial charge is 0.234 e. The predicted octanol–water partition coefficient (Wildman–Crippen LogP) is 3.31. The molecular formula is C32H61N5O6S. The molecule has 0 heterocycles. The Morgan fingerprint density at radius 3 is 2.05 bits per heavy atom. The van der Waals surface area contributed by atoms with Crippen LogP contribution in [0.1, 0.15) is 118 Å². The topological polar surface area (TPSA) is 162 Å². The van der Waals surface area contributed by atoms with Gasteiger partial charge < -0.3 is 15.3 Å². The fourth-order valence-electron chi connectivity index (χ4n) is 6.88. The molecule has 0 aromatic heterocycles. The van der Waals surface area contributed by atoms with E-state index in [0.717, 1.165) is 44.9 Å². The normalized spacial score (nSPS) is 22.9. The molecule has 5 atom stereocenters. The van der Waals surface area contributed by atoms with Crippen LogP contribution in [0.4, 0.5) is 0 Å². The summed E-state index contributed by atoms with van der Waals surface area (Å²) < 4.78 is 25.0. The minimum atomic E-state index is -3.97. The number of rotatable bonds is 18. The zero-order valence-corrected chi connectivity index (χ0v) is 28.7. The molecule has 2 saturated carbocycles. The van der Waals surface area contributed by atoms with Crippen LogP contribution in [0.5, 0.6) is 0 Å². The van der Waals surface area contributed by atoms with Gasteiger partial charge in [-0.3, -0.25) is 19.8 Å². The summed E-state index contributed by atoms with van der Waals surface area (Å²) in [6.45, 7) is 11.8. The number of primary sulfonamides is 1. The van der Waals surface area contributed by atoms with Crippen molar-refractivity contribution in [3.8, 4) is 0 Å². The van der Waals surface area contributed by atoms with Crippen LogP contribution in [0.3, 0.4) is 0 Å². The molecule has 0 radical (unpaired) electrons. The summed E-state index contributed by atoms with van der Waals surface area (Å²) in [6, 6.07) is -0.576. The third-order valence-corrected chi connectivity index (χ3v) is 10.3. The fourth-order valence-corrected chi connectivity index (χ4v) is 7.89. The van der Waals surface area contributed by atoms with Gasteiger partial charge in [-0.25, -0.2) is 18.6 Å². The van der Waals surface area contributed by atoms with Gasteiger partial charge in [-0.15, -0.1) is 0 Å². The number of nitrogens with two attached hydrogens (primary N) is 1. The summed E-state index contributed by atoms with van der Waals surface area (Å²) in [6.07, 6.45) is 8.25. The Morgan fingerprint density at radius 2 is 1.50 bits per heavy atom. The fraction of sp³-hybridized carbons (Fsp3) is 0.906. The SMILES string of the molecule is CCCN(CC(O)C(CC1CCCCC1)NC(=O)C1CC(C(=O)N(CCC)CCC)CC(S(N)(=O)=O)C1)NC(=O)CC(C)C. The zero-order chi connectivity index (χ0) is 32.9. The Balaban J connectivity index is 2.26. The summed E-state index contributed by atoms with van der Waals surface area (Å²) in [5.74, 6) is -1.35. The van der Waals surface area contributed by atoms with E-state index in [0.29, 0.717) is 38.4 Å². The van der Waals surface area contributed by atoms with E-state index in [-0.39, 0.29) is 49.4 Å². The Bertz CT molecular complexity index is 997. The molecule has 44 heavy (non-hydrogen) atoms. The molecule has 0 aliphatic heterocycles. The molecule has 5 unspecified atom stereocenters. The summed E-state index contributed by atoms with van der Waals surface area (Å²) in [5.41, 5.74) is 2.93. The lowest BCUT2D eigenvalue weighted by molar-refractivity contribution is -0.138. The maximum Gasteiger partial charge on any atom is 0.234 e. The average Bonchev–Trinajstić information content (AvgIpc) is 2.95. The van der Waals surface area contributed by atoms with E-state index in [4.69, 9.17) is 5.14 Å². The number of nitrogens with one attached hydrogen (secondary N) is 2. The van der Waals surface area contributed by atoms with E-state index in [1.165, 1.54) is 6.42 Å². The van der Waals surface area contributed by atoms with Crippen LogP contribution in [0, 0.1) is 23.7 Å². The Labute approximate surface area is 266 Å². The standard InChI is InChI=1S/C32H61N5O6S/c1-6-14-36(15-7-2)32(41)26-19-25(20-27(21-26)44(33,42)43)31(40)34-28(18-24-12-10-9-11-13-24)29(38)22-37(16-8-3)35-30(39)17-23(4)5/h23-29,38H,6-22H2,1-5H3,(H,34,40)(H,35,39)(H2,33,42,43). The molecule has 2 fully saturated rings. The van der Waals surface area contributed by atoms with E-state index in [9.17, 15) is 27.9 Å². The van der Waals surface area contributed by atoms with Crippen LogP contribution in [0.2, 0.25) is 0 Å². The Hall–Kier alpha value is -1.76. The average molecular weight is 644 g/mol. The van der Waals surface area contributed by atoms with Crippen molar-refractivity contribution in [3.05, 3.63) is 0 Å². The molecule has 2 aliphatic rings. The van der Waals surface area contributed by atoms with Crippen molar-refractivity contribution in [2.45, 2.75) is 135 Å². The molecule has 5 N–H and O–H groups in total. The second-order valence-corrected chi connectivity index (χ2v) is 15.5. The number of sulfonamides is 1. The zero-order valence-electron chi connectivity index (χ0n) is 27.9. The molecule has 11 nitrogen and oxygen atoms in total. The van der Waals surface area contributed by atoms with Gasteiger partial charge in [0, 0.05) is 44.4 Å². The van der Waals surface area contributed by atoms with Crippen molar-refractivity contribution in [1.82, 2.24) is 20.7 Å². The number of amides is 3. The van der Waals surface area contributed by atoms with Gasteiger partial charge in [-0.05, 0) is 56.8 Å². The minimum Gasteiger partial charge on any atom is -0.390 e. The number of hydrogen-bond acceptors (Lipinski definition) is 7. The van der Waals surface area contributed by atoms with Gasteiger partial charge in [0.05, 0.1) is 17.4 Å². The quantitative estimate of drug-likeness (QED) is 0.167. The first-order valence-electron chi connectivity index (χ1n) is 17.1. The minimum absolute atomic E-state index is 0.0511. The number of hydrazine groups is 1. The summed E-state index contributed by atoms with van der Waals surface area (Å²) in [5, 5.41) is 20.9. The number of hydrogen-bond donors (Lipinski definition) is 4. The lowest BCUT2D eigenvalue weighted by atomic mass is 9.79. The van der Waals surface area contributed by atoms with Crippen molar-refractivity contribution in [1.29, 1.82) is 0 Å².